The molecule has 0 bridgehead atoms. The van der Waals surface area contributed by atoms with Crippen LogP contribution in [0.25, 0.3) is 5.65 Å². The second-order valence-corrected chi connectivity index (χ2v) is 8.03. The molecule has 0 spiro atoms. The lowest BCUT2D eigenvalue weighted by Gasteiger charge is -2.17. The van der Waals surface area contributed by atoms with Gasteiger partial charge in [-0.25, -0.2) is 4.98 Å². The Morgan fingerprint density at radius 3 is 2.92 bits per heavy atom. The van der Waals surface area contributed by atoms with Crippen LogP contribution in [0.4, 0.5) is 0 Å². The van der Waals surface area contributed by atoms with Crippen molar-refractivity contribution in [2.45, 2.75) is 49.0 Å². The number of fused-ring (bicyclic) bond motifs is 1. The summed E-state index contributed by atoms with van der Waals surface area (Å²) in [5.74, 6) is 1.67. The van der Waals surface area contributed by atoms with Crippen LogP contribution < -0.4 is 5.56 Å². The number of pyridine rings is 1. The monoisotopic (exact) mass is 420 g/mol. The van der Waals surface area contributed by atoms with Crippen LogP contribution >= 0.6 is 27.7 Å². The van der Waals surface area contributed by atoms with Gasteiger partial charge in [0.2, 0.25) is 5.89 Å². The molecule has 4 rings (SSSR count). The highest BCUT2D eigenvalue weighted by atomic mass is 79.9. The molecule has 0 amide bonds. The predicted octanol–water partition coefficient (Wildman–Crippen LogP) is 4.18. The molecule has 3 aromatic rings. The van der Waals surface area contributed by atoms with Gasteiger partial charge < -0.3 is 4.42 Å². The van der Waals surface area contributed by atoms with Crippen molar-refractivity contribution in [2.24, 2.45) is 0 Å². The molecule has 0 aliphatic heterocycles. The van der Waals surface area contributed by atoms with Crippen LogP contribution in [-0.2, 0) is 5.75 Å². The average molecular weight is 421 g/mol. The molecule has 1 fully saturated rings. The molecule has 0 unspecified atom stereocenters. The van der Waals surface area contributed by atoms with Crippen LogP contribution in [0.1, 0.15) is 49.6 Å². The molecule has 0 radical (unpaired) electrons. The Bertz CT molecular complexity index is 949. The van der Waals surface area contributed by atoms with E-state index < -0.39 is 0 Å². The summed E-state index contributed by atoms with van der Waals surface area (Å²) in [5.41, 5.74) is 1.23. The maximum Gasteiger partial charge on any atom is 0.276 e. The van der Waals surface area contributed by atoms with Crippen molar-refractivity contribution in [2.75, 3.05) is 0 Å². The van der Waals surface area contributed by atoms with E-state index >= 15 is 0 Å². The van der Waals surface area contributed by atoms with E-state index in [2.05, 4.69) is 31.1 Å². The number of thioether (sulfide) groups is 1. The molecule has 0 N–H and O–H groups in total. The molecule has 3 aromatic heterocycles. The zero-order valence-electron chi connectivity index (χ0n) is 13.5. The molecule has 1 saturated carbocycles. The van der Waals surface area contributed by atoms with Gasteiger partial charge >= 0.3 is 0 Å². The number of rotatable bonds is 4. The Morgan fingerprint density at radius 2 is 2.08 bits per heavy atom. The summed E-state index contributed by atoms with van der Waals surface area (Å²) in [4.78, 5) is 16.7. The van der Waals surface area contributed by atoms with E-state index in [4.69, 9.17) is 4.42 Å². The second-order valence-electron chi connectivity index (χ2n) is 6.19. The zero-order valence-corrected chi connectivity index (χ0v) is 15.9. The van der Waals surface area contributed by atoms with Crippen LogP contribution in [0.15, 0.2) is 43.3 Å². The first-order valence-electron chi connectivity index (χ1n) is 8.33. The number of nitrogens with zero attached hydrogens (tertiary/aromatic N) is 4. The van der Waals surface area contributed by atoms with Gasteiger partial charge in [-0.2, -0.15) is 0 Å². The van der Waals surface area contributed by atoms with Gasteiger partial charge in [0, 0.05) is 28.4 Å². The minimum atomic E-state index is -0.102. The largest absolute Gasteiger partial charge is 0.416 e. The Kier molecular flexibility index (Phi) is 4.89. The smallest absolute Gasteiger partial charge is 0.276 e. The molecule has 1 aliphatic carbocycles. The van der Waals surface area contributed by atoms with Crippen LogP contribution in [0.5, 0.6) is 0 Å². The van der Waals surface area contributed by atoms with Crippen LogP contribution in [0.3, 0.4) is 0 Å². The van der Waals surface area contributed by atoms with Gasteiger partial charge in [0.1, 0.15) is 5.65 Å². The Labute approximate surface area is 157 Å². The highest BCUT2D eigenvalue weighted by Gasteiger charge is 2.21. The number of hydrogen-bond acceptors (Lipinski definition) is 6. The summed E-state index contributed by atoms with van der Waals surface area (Å²) in [6, 6.07) is 5.23. The fourth-order valence-corrected chi connectivity index (χ4v) is 4.13. The number of halogens is 1. The molecule has 0 aromatic carbocycles. The van der Waals surface area contributed by atoms with Crippen LogP contribution in [-0.4, -0.2) is 19.6 Å². The van der Waals surface area contributed by atoms with Gasteiger partial charge in [0.15, 0.2) is 0 Å². The summed E-state index contributed by atoms with van der Waals surface area (Å²) in [7, 11) is 0. The van der Waals surface area contributed by atoms with Gasteiger partial charge in [-0.05, 0) is 40.9 Å². The first-order valence-corrected chi connectivity index (χ1v) is 10.1. The highest BCUT2D eigenvalue weighted by molar-refractivity contribution is 9.10. The van der Waals surface area contributed by atoms with Gasteiger partial charge in [-0.15, -0.1) is 10.2 Å². The van der Waals surface area contributed by atoms with Gasteiger partial charge in [0.05, 0.1) is 5.69 Å². The van der Waals surface area contributed by atoms with E-state index in [9.17, 15) is 4.79 Å². The SMILES string of the molecule is O=c1cc(CSc2nnc(C3CCCCC3)o2)nc2ccc(Br)cn12. The minimum absolute atomic E-state index is 0.102. The standard InChI is InChI=1S/C17H17BrN4O2S/c18-12-6-7-14-19-13(8-15(23)22(14)9-12)10-25-17-21-20-16(24-17)11-4-2-1-3-5-11/h6-9,11H,1-5,10H2. The van der Waals surface area contributed by atoms with Gasteiger partial charge in [0.25, 0.3) is 10.8 Å². The first-order chi connectivity index (χ1) is 12.2. The normalized spacial score (nSPS) is 15.7. The fourth-order valence-electron chi connectivity index (χ4n) is 3.13. The molecular weight excluding hydrogens is 404 g/mol. The van der Waals surface area contributed by atoms with E-state index in [0.717, 1.165) is 23.2 Å². The summed E-state index contributed by atoms with van der Waals surface area (Å²) < 4.78 is 8.16. The van der Waals surface area contributed by atoms with Crippen molar-refractivity contribution in [1.82, 2.24) is 19.6 Å². The van der Waals surface area contributed by atoms with Crippen molar-refractivity contribution in [3.63, 3.8) is 0 Å². The number of aromatic nitrogens is 4. The summed E-state index contributed by atoms with van der Waals surface area (Å²) in [5, 5.41) is 8.87. The van der Waals surface area contributed by atoms with E-state index in [1.54, 1.807) is 12.3 Å². The zero-order chi connectivity index (χ0) is 17.2. The predicted molar refractivity (Wildman–Crippen MR) is 98.8 cm³/mol. The Hall–Kier alpha value is -1.67. The lowest BCUT2D eigenvalue weighted by atomic mass is 9.89. The van der Waals surface area contributed by atoms with E-state index in [-0.39, 0.29) is 5.56 Å². The highest BCUT2D eigenvalue weighted by Crippen LogP contribution is 2.33. The van der Waals surface area contributed by atoms with E-state index in [1.807, 2.05) is 12.1 Å². The second kappa shape index (κ2) is 7.29. The quantitative estimate of drug-likeness (QED) is 0.589. The molecule has 3 heterocycles. The molecule has 6 nitrogen and oxygen atoms in total. The van der Waals surface area contributed by atoms with Gasteiger partial charge in [-0.3, -0.25) is 9.20 Å². The molecule has 0 saturated heterocycles. The van der Waals surface area contributed by atoms with Crippen molar-refractivity contribution < 1.29 is 4.42 Å². The third-order valence-electron chi connectivity index (χ3n) is 4.40. The van der Waals surface area contributed by atoms with Crippen molar-refractivity contribution in [1.29, 1.82) is 0 Å². The van der Waals surface area contributed by atoms with Crippen LogP contribution in [0, 0.1) is 0 Å². The Morgan fingerprint density at radius 1 is 1.24 bits per heavy atom. The third-order valence-corrected chi connectivity index (χ3v) is 5.72. The topological polar surface area (TPSA) is 73.3 Å². The van der Waals surface area contributed by atoms with Crippen LogP contribution in [0.2, 0.25) is 0 Å². The van der Waals surface area contributed by atoms with Crippen molar-refractivity contribution >= 4 is 33.3 Å². The van der Waals surface area contributed by atoms with E-state index in [0.29, 0.717) is 28.2 Å². The molecule has 130 valence electrons. The van der Waals surface area contributed by atoms with Gasteiger partial charge in [-0.1, -0.05) is 31.0 Å². The first kappa shape index (κ1) is 16.8. The van der Waals surface area contributed by atoms with Crippen molar-refractivity contribution in [3.8, 4) is 0 Å². The molecule has 25 heavy (non-hydrogen) atoms. The third kappa shape index (κ3) is 3.79. The fraction of sp³-hybridized carbons (Fsp3) is 0.412. The lowest BCUT2D eigenvalue weighted by molar-refractivity contribution is 0.334. The summed E-state index contributed by atoms with van der Waals surface area (Å²) in [6.45, 7) is 0. The lowest BCUT2D eigenvalue weighted by Crippen LogP contribution is -2.15. The molecular formula is C17H17BrN4O2S. The van der Waals surface area contributed by atoms with E-state index in [1.165, 1.54) is 35.4 Å². The Balaban J connectivity index is 1.48. The maximum absolute atomic E-state index is 12.2. The molecule has 0 atom stereocenters. The number of hydrogen-bond donors (Lipinski definition) is 0. The molecule has 8 heteroatoms. The summed E-state index contributed by atoms with van der Waals surface area (Å²) >= 11 is 4.78. The average Bonchev–Trinajstić information content (AvgIpc) is 3.10. The van der Waals surface area contributed by atoms with Crippen molar-refractivity contribution in [3.05, 3.63) is 50.8 Å². The minimum Gasteiger partial charge on any atom is -0.416 e. The molecule has 1 aliphatic rings. The summed E-state index contributed by atoms with van der Waals surface area (Å²) in [6.07, 6.45) is 7.74. The maximum atomic E-state index is 12.2.